The lowest BCUT2D eigenvalue weighted by Gasteiger charge is -2.26. The van der Waals surface area contributed by atoms with Crippen molar-refractivity contribution in [3.8, 4) is 0 Å². The summed E-state index contributed by atoms with van der Waals surface area (Å²) in [6, 6.07) is 8.43. The molecule has 0 bridgehead atoms. The summed E-state index contributed by atoms with van der Waals surface area (Å²) in [7, 11) is 0. The molecule has 2 fully saturated rings. The number of carbonyl (C=O) groups is 1. The Hall–Kier alpha value is -1.97. The van der Waals surface area contributed by atoms with Crippen LogP contribution in [0.5, 0.6) is 0 Å². The number of hydrogen-bond acceptors (Lipinski definition) is 7. The summed E-state index contributed by atoms with van der Waals surface area (Å²) in [5.41, 5.74) is 2.05. The predicted octanol–water partition coefficient (Wildman–Crippen LogP) is 2.35. The van der Waals surface area contributed by atoms with Crippen LogP contribution in [0.2, 0.25) is 0 Å². The first-order valence-electron chi connectivity index (χ1n) is 9.87. The van der Waals surface area contributed by atoms with Crippen molar-refractivity contribution in [2.24, 2.45) is 0 Å². The molecule has 8 nitrogen and oxygen atoms in total. The Morgan fingerprint density at radius 3 is 2.68 bits per heavy atom. The number of carbonyl (C=O) groups excluding carboxylic acids is 1. The Balaban J connectivity index is 1.25. The lowest BCUT2D eigenvalue weighted by molar-refractivity contribution is -0.113. The first kappa shape index (κ1) is 19.4. The Labute approximate surface area is 169 Å². The van der Waals surface area contributed by atoms with Crippen molar-refractivity contribution in [3.05, 3.63) is 29.8 Å². The van der Waals surface area contributed by atoms with Crippen LogP contribution in [-0.2, 0) is 16.1 Å². The van der Waals surface area contributed by atoms with E-state index in [-0.39, 0.29) is 5.91 Å². The quantitative estimate of drug-likeness (QED) is 0.712. The Morgan fingerprint density at radius 1 is 1.18 bits per heavy atom. The molecule has 1 aromatic heterocycles. The van der Waals surface area contributed by atoms with Crippen LogP contribution in [0.25, 0.3) is 0 Å². The van der Waals surface area contributed by atoms with E-state index in [1.165, 1.54) is 30.2 Å². The van der Waals surface area contributed by atoms with Crippen molar-refractivity contribution in [2.75, 3.05) is 37.4 Å². The molecule has 2 heterocycles. The standard InChI is InChI=1S/C19H26N6O2S/c26-18(14-28-19-21-22-23-25(19)17-3-1-2-4-17)20-16-7-5-15(6-8-16)13-24-9-11-27-12-10-24/h5-8,17H,1-4,9-14H2,(H,20,26). The van der Waals surface area contributed by atoms with Gasteiger partial charge in [-0.2, -0.15) is 0 Å². The molecule has 1 aromatic carbocycles. The summed E-state index contributed by atoms with van der Waals surface area (Å²) in [4.78, 5) is 14.7. The zero-order valence-corrected chi connectivity index (χ0v) is 16.7. The number of anilines is 1. The molecule has 0 spiro atoms. The Bertz CT molecular complexity index is 769. The highest BCUT2D eigenvalue weighted by Crippen LogP contribution is 2.31. The van der Waals surface area contributed by atoms with Crippen LogP contribution in [0, 0.1) is 0 Å². The number of benzene rings is 1. The fraction of sp³-hybridized carbons (Fsp3) is 0.579. The molecular formula is C19H26N6O2S. The summed E-state index contributed by atoms with van der Waals surface area (Å²) in [6.45, 7) is 4.45. The van der Waals surface area contributed by atoms with Gasteiger partial charge in [-0.3, -0.25) is 9.69 Å². The molecule has 1 aliphatic carbocycles. The van der Waals surface area contributed by atoms with E-state index in [9.17, 15) is 4.79 Å². The minimum Gasteiger partial charge on any atom is -0.379 e. The minimum atomic E-state index is -0.0492. The van der Waals surface area contributed by atoms with E-state index in [1.807, 2.05) is 16.8 Å². The molecule has 4 rings (SSSR count). The van der Waals surface area contributed by atoms with Gasteiger partial charge < -0.3 is 10.1 Å². The topological polar surface area (TPSA) is 85.2 Å². The van der Waals surface area contributed by atoms with Crippen LogP contribution in [0.3, 0.4) is 0 Å². The molecule has 150 valence electrons. The molecule has 1 aliphatic heterocycles. The summed E-state index contributed by atoms with van der Waals surface area (Å²) in [6.07, 6.45) is 4.66. The van der Waals surface area contributed by atoms with E-state index in [0.29, 0.717) is 11.8 Å². The molecule has 1 amide bonds. The van der Waals surface area contributed by atoms with Gasteiger partial charge in [-0.15, -0.1) is 5.10 Å². The highest BCUT2D eigenvalue weighted by Gasteiger charge is 2.22. The van der Waals surface area contributed by atoms with Crippen molar-refractivity contribution < 1.29 is 9.53 Å². The van der Waals surface area contributed by atoms with E-state index < -0.39 is 0 Å². The fourth-order valence-electron chi connectivity index (χ4n) is 3.70. The van der Waals surface area contributed by atoms with Gasteiger partial charge in [0, 0.05) is 25.3 Å². The summed E-state index contributed by atoms with van der Waals surface area (Å²) in [5.74, 6) is 0.245. The lowest BCUT2D eigenvalue weighted by Crippen LogP contribution is -2.35. The predicted molar refractivity (Wildman–Crippen MR) is 107 cm³/mol. The molecule has 0 unspecified atom stereocenters. The maximum atomic E-state index is 12.3. The first-order valence-corrected chi connectivity index (χ1v) is 10.9. The van der Waals surface area contributed by atoms with Crippen molar-refractivity contribution in [1.82, 2.24) is 25.1 Å². The van der Waals surface area contributed by atoms with Gasteiger partial charge in [0.05, 0.1) is 25.0 Å². The SMILES string of the molecule is O=C(CSc1nnnn1C1CCCC1)Nc1ccc(CN2CCOCC2)cc1. The number of thioether (sulfide) groups is 1. The maximum absolute atomic E-state index is 12.3. The van der Waals surface area contributed by atoms with Gasteiger partial charge in [-0.05, 0) is 41.0 Å². The molecule has 9 heteroatoms. The van der Waals surface area contributed by atoms with Gasteiger partial charge in [0.2, 0.25) is 11.1 Å². The second kappa shape index (κ2) is 9.49. The van der Waals surface area contributed by atoms with E-state index >= 15 is 0 Å². The second-order valence-electron chi connectivity index (χ2n) is 7.27. The molecule has 1 saturated carbocycles. The van der Waals surface area contributed by atoms with Crippen LogP contribution in [0.4, 0.5) is 5.69 Å². The van der Waals surface area contributed by atoms with E-state index in [1.54, 1.807) is 0 Å². The van der Waals surface area contributed by atoms with Gasteiger partial charge >= 0.3 is 0 Å². The number of aromatic nitrogens is 4. The fourth-order valence-corrected chi connectivity index (χ4v) is 4.44. The molecule has 28 heavy (non-hydrogen) atoms. The van der Waals surface area contributed by atoms with Crippen LogP contribution < -0.4 is 5.32 Å². The largest absolute Gasteiger partial charge is 0.379 e. The third-order valence-corrected chi connectivity index (χ3v) is 6.15. The average Bonchev–Trinajstić information content (AvgIpc) is 3.40. The van der Waals surface area contributed by atoms with E-state index in [2.05, 4.69) is 37.9 Å². The summed E-state index contributed by atoms with van der Waals surface area (Å²) < 4.78 is 7.26. The van der Waals surface area contributed by atoms with Gasteiger partial charge in [-0.25, -0.2) is 4.68 Å². The second-order valence-corrected chi connectivity index (χ2v) is 8.21. The van der Waals surface area contributed by atoms with Gasteiger partial charge in [0.1, 0.15) is 0 Å². The van der Waals surface area contributed by atoms with Crippen molar-refractivity contribution in [3.63, 3.8) is 0 Å². The third-order valence-electron chi connectivity index (χ3n) is 5.21. The number of nitrogens with one attached hydrogen (secondary N) is 1. The number of nitrogens with zero attached hydrogens (tertiary/aromatic N) is 5. The number of morpholine rings is 1. The molecule has 0 atom stereocenters. The smallest absolute Gasteiger partial charge is 0.234 e. The number of hydrogen-bond donors (Lipinski definition) is 1. The zero-order valence-electron chi connectivity index (χ0n) is 15.9. The van der Waals surface area contributed by atoms with Crippen LogP contribution in [0.1, 0.15) is 37.3 Å². The molecule has 0 radical (unpaired) electrons. The Morgan fingerprint density at radius 2 is 1.93 bits per heavy atom. The minimum absolute atomic E-state index is 0.0492. The molecular weight excluding hydrogens is 376 g/mol. The van der Waals surface area contributed by atoms with E-state index in [4.69, 9.17) is 4.74 Å². The number of ether oxygens (including phenoxy) is 1. The number of amides is 1. The highest BCUT2D eigenvalue weighted by atomic mass is 32.2. The van der Waals surface area contributed by atoms with Gasteiger partial charge in [0.15, 0.2) is 0 Å². The third kappa shape index (κ3) is 5.09. The Kier molecular flexibility index (Phi) is 6.56. The van der Waals surface area contributed by atoms with Crippen molar-refractivity contribution >= 4 is 23.4 Å². The average molecular weight is 403 g/mol. The maximum Gasteiger partial charge on any atom is 0.234 e. The normalized spacial score (nSPS) is 18.4. The summed E-state index contributed by atoms with van der Waals surface area (Å²) in [5, 5.41) is 15.6. The van der Waals surface area contributed by atoms with Gasteiger partial charge in [0.25, 0.3) is 0 Å². The van der Waals surface area contributed by atoms with Crippen molar-refractivity contribution in [1.29, 1.82) is 0 Å². The molecule has 1 N–H and O–H groups in total. The monoisotopic (exact) mass is 402 g/mol. The molecule has 2 aromatic rings. The highest BCUT2D eigenvalue weighted by molar-refractivity contribution is 7.99. The van der Waals surface area contributed by atoms with Crippen LogP contribution in [0.15, 0.2) is 29.4 Å². The van der Waals surface area contributed by atoms with Gasteiger partial charge in [-0.1, -0.05) is 36.7 Å². The molecule has 2 aliphatic rings. The molecule has 1 saturated heterocycles. The number of tetrazole rings is 1. The number of rotatable bonds is 7. The van der Waals surface area contributed by atoms with Crippen molar-refractivity contribution in [2.45, 2.75) is 43.4 Å². The van der Waals surface area contributed by atoms with Crippen LogP contribution in [-0.4, -0.2) is 63.1 Å². The van der Waals surface area contributed by atoms with Crippen LogP contribution >= 0.6 is 11.8 Å². The first-order chi connectivity index (χ1) is 13.8. The lowest BCUT2D eigenvalue weighted by atomic mass is 10.2. The summed E-state index contributed by atoms with van der Waals surface area (Å²) >= 11 is 1.39. The zero-order chi connectivity index (χ0) is 19.2. The van der Waals surface area contributed by atoms with E-state index in [0.717, 1.165) is 56.5 Å².